The third-order valence-electron chi connectivity index (χ3n) is 2.81. The summed E-state index contributed by atoms with van der Waals surface area (Å²) in [6.45, 7) is 0. The Balaban J connectivity index is 2.23. The largest absolute Gasteiger partial charge is 0.496 e. The molecule has 0 saturated heterocycles. The zero-order valence-corrected chi connectivity index (χ0v) is 13.5. The molecule has 0 aliphatic heterocycles. The van der Waals surface area contributed by atoms with E-state index in [0.717, 1.165) is 0 Å². The Labute approximate surface area is 135 Å². The molecule has 2 aromatic carbocycles. The SMILES string of the molecule is COc1ccccc1C(=O)CS(=O)c1cc(Cl)ccc1Cl. The lowest BCUT2D eigenvalue weighted by atomic mass is 10.1. The molecule has 0 fully saturated rings. The molecule has 0 radical (unpaired) electrons. The lowest BCUT2D eigenvalue weighted by Gasteiger charge is -2.08. The van der Waals surface area contributed by atoms with Gasteiger partial charge in [0.15, 0.2) is 5.78 Å². The van der Waals surface area contributed by atoms with Gasteiger partial charge in [-0.25, -0.2) is 0 Å². The molecule has 0 heterocycles. The molecule has 6 heteroatoms. The van der Waals surface area contributed by atoms with Crippen molar-refractivity contribution in [2.75, 3.05) is 12.9 Å². The first kappa shape index (κ1) is 16.0. The van der Waals surface area contributed by atoms with E-state index in [-0.39, 0.29) is 11.5 Å². The van der Waals surface area contributed by atoms with E-state index in [1.54, 1.807) is 36.4 Å². The van der Waals surface area contributed by atoms with Crippen molar-refractivity contribution in [2.24, 2.45) is 0 Å². The van der Waals surface area contributed by atoms with Crippen molar-refractivity contribution in [1.29, 1.82) is 0 Å². The van der Waals surface area contributed by atoms with Crippen LogP contribution in [0.3, 0.4) is 0 Å². The number of carbonyl (C=O) groups is 1. The zero-order chi connectivity index (χ0) is 15.4. The molecule has 2 rings (SSSR count). The van der Waals surface area contributed by atoms with Crippen molar-refractivity contribution < 1.29 is 13.7 Å². The first-order valence-corrected chi connectivity index (χ1v) is 8.10. The molecule has 3 nitrogen and oxygen atoms in total. The van der Waals surface area contributed by atoms with Crippen LogP contribution in [0.15, 0.2) is 47.4 Å². The topological polar surface area (TPSA) is 43.4 Å². The van der Waals surface area contributed by atoms with E-state index in [1.165, 1.54) is 13.2 Å². The van der Waals surface area contributed by atoms with Crippen molar-refractivity contribution >= 4 is 39.8 Å². The van der Waals surface area contributed by atoms with E-state index in [1.807, 2.05) is 0 Å². The summed E-state index contributed by atoms with van der Waals surface area (Å²) in [5, 5.41) is 0.748. The Morgan fingerprint density at radius 2 is 1.90 bits per heavy atom. The maximum Gasteiger partial charge on any atom is 0.179 e. The van der Waals surface area contributed by atoms with Gasteiger partial charge in [-0.15, -0.1) is 0 Å². The number of hydrogen-bond acceptors (Lipinski definition) is 3. The second-order valence-electron chi connectivity index (χ2n) is 4.19. The van der Waals surface area contributed by atoms with Gasteiger partial charge >= 0.3 is 0 Å². The number of carbonyl (C=O) groups excluding carboxylic acids is 1. The summed E-state index contributed by atoms with van der Waals surface area (Å²) in [7, 11) is -0.0845. The first-order valence-electron chi connectivity index (χ1n) is 6.02. The lowest BCUT2D eigenvalue weighted by molar-refractivity contribution is 0.101. The van der Waals surface area contributed by atoms with E-state index in [2.05, 4.69) is 0 Å². The summed E-state index contributed by atoms with van der Waals surface area (Å²) in [6.07, 6.45) is 0. The number of para-hydroxylation sites is 1. The summed E-state index contributed by atoms with van der Waals surface area (Å²) in [6, 6.07) is 11.5. The highest BCUT2D eigenvalue weighted by Gasteiger charge is 2.17. The quantitative estimate of drug-likeness (QED) is 0.771. The van der Waals surface area contributed by atoms with Crippen molar-refractivity contribution in [2.45, 2.75) is 4.90 Å². The molecule has 1 unspecified atom stereocenters. The number of benzene rings is 2. The number of Topliss-reactive ketones (excluding diaryl/α,β-unsaturated/α-hetero) is 1. The number of ketones is 1. The fourth-order valence-corrected chi connectivity index (χ4v) is 3.51. The number of hydrogen-bond donors (Lipinski definition) is 0. The van der Waals surface area contributed by atoms with Gasteiger partial charge in [0, 0.05) is 5.02 Å². The Hall–Kier alpha value is -1.36. The summed E-state index contributed by atoms with van der Waals surface area (Å²) in [5.41, 5.74) is 0.395. The number of ether oxygens (including phenoxy) is 1. The predicted molar refractivity (Wildman–Crippen MR) is 85.1 cm³/mol. The minimum atomic E-state index is -1.57. The molecule has 0 aliphatic rings. The molecule has 0 aliphatic carbocycles. The second kappa shape index (κ2) is 7.07. The smallest absolute Gasteiger partial charge is 0.179 e. The van der Waals surface area contributed by atoms with Gasteiger partial charge < -0.3 is 4.74 Å². The summed E-state index contributed by atoms with van der Waals surface area (Å²) < 4.78 is 17.4. The lowest BCUT2D eigenvalue weighted by Crippen LogP contribution is -2.12. The average Bonchev–Trinajstić information content (AvgIpc) is 2.49. The van der Waals surface area contributed by atoms with Crippen LogP contribution >= 0.6 is 23.2 Å². The van der Waals surface area contributed by atoms with Crippen LogP contribution in [0.5, 0.6) is 5.75 Å². The van der Waals surface area contributed by atoms with Gasteiger partial charge in [-0.05, 0) is 30.3 Å². The van der Waals surface area contributed by atoms with Crippen LogP contribution in [-0.2, 0) is 10.8 Å². The molecular weight excluding hydrogens is 331 g/mol. The molecule has 0 amide bonds. The number of methoxy groups -OCH3 is 1. The molecule has 0 bridgehead atoms. The van der Waals surface area contributed by atoms with Gasteiger partial charge in [-0.1, -0.05) is 35.3 Å². The van der Waals surface area contributed by atoms with Crippen LogP contribution in [0.4, 0.5) is 0 Å². The summed E-state index contributed by atoms with van der Waals surface area (Å²) in [4.78, 5) is 12.6. The minimum Gasteiger partial charge on any atom is -0.496 e. The zero-order valence-electron chi connectivity index (χ0n) is 11.1. The fraction of sp³-hybridized carbons (Fsp3) is 0.133. The average molecular weight is 343 g/mol. The number of rotatable bonds is 5. The molecule has 1 atom stereocenters. The van der Waals surface area contributed by atoms with Crippen LogP contribution in [0.25, 0.3) is 0 Å². The van der Waals surface area contributed by atoms with Crippen LogP contribution in [0, 0.1) is 0 Å². The Bertz CT molecular complexity index is 701. The molecule has 0 spiro atoms. The van der Waals surface area contributed by atoms with Gasteiger partial charge in [0.25, 0.3) is 0 Å². The van der Waals surface area contributed by atoms with Gasteiger partial charge in [-0.2, -0.15) is 0 Å². The van der Waals surface area contributed by atoms with E-state index < -0.39 is 10.8 Å². The van der Waals surface area contributed by atoms with E-state index in [4.69, 9.17) is 27.9 Å². The van der Waals surface area contributed by atoms with Crippen LogP contribution in [0.1, 0.15) is 10.4 Å². The van der Waals surface area contributed by atoms with Gasteiger partial charge in [0.1, 0.15) is 5.75 Å². The Kier molecular flexibility index (Phi) is 5.39. The predicted octanol–water partition coefficient (Wildman–Crippen LogP) is 3.99. The molecule has 21 heavy (non-hydrogen) atoms. The maximum absolute atomic E-state index is 12.3. The first-order chi connectivity index (χ1) is 10.0. The van der Waals surface area contributed by atoms with Crippen molar-refractivity contribution in [1.82, 2.24) is 0 Å². The third-order valence-corrected chi connectivity index (χ3v) is 4.84. The van der Waals surface area contributed by atoms with Crippen molar-refractivity contribution in [3.8, 4) is 5.75 Å². The molecule has 0 aromatic heterocycles. The standard InChI is InChI=1S/C15H12Cl2O3S/c1-20-14-5-3-2-4-11(14)13(18)9-21(19)15-8-10(16)6-7-12(15)17/h2-8H,9H2,1H3. The second-order valence-corrected chi connectivity index (χ2v) is 6.45. The Morgan fingerprint density at radius 3 is 2.62 bits per heavy atom. The molecule has 110 valence electrons. The van der Waals surface area contributed by atoms with E-state index >= 15 is 0 Å². The summed E-state index contributed by atoms with van der Waals surface area (Å²) in [5.74, 6) is -0.000941. The molecule has 0 N–H and O–H groups in total. The van der Waals surface area contributed by atoms with Crippen molar-refractivity contribution in [3.63, 3.8) is 0 Å². The van der Waals surface area contributed by atoms with Gasteiger partial charge in [-0.3, -0.25) is 9.00 Å². The molecule has 0 saturated carbocycles. The molecule has 2 aromatic rings. The monoisotopic (exact) mass is 342 g/mol. The number of halogens is 2. The van der Waals surface area contributed by atoms with Gasteiger partial charge in [0.05, 0.1) is 39.1 Å². The van der Waals surface area contributed by atoms with Crippen LogP contribution in [-0.4, -0.2) is 22.9 Å². The van der Waals surface area contributed by atoms with Crippen LogP contribution in [0.2, 0.25) is 10.0 Å². The normalized spacial score (nSPS) is 12.0. The van der Waals surface area contributed by atoms with E-state index in [0.29, 0.717) is 26.3 Å². The van der Waals surface area contributed by atoms with Crippen LogP contribution < -0.4 is 4.74 Å². The molecular formula is C15H12Cl2O3S. The fourth-order valence-electron chi connectivity index (χ4n) is 1.80. The van der Waals surface area contributed by atoms with Crippen molar-refractivity contribution in [3.05, 3.63) is 58.1 Å². The Morgan fingerprint density at radius 1 is 1.19 bits per heavy atom. The minimum absolute atomic E-state index is 0.180. The highest BCUT2D eigenvalue weighted by atomic mass is 35.5. The maximum atomic E-state index is 12.3. The van der Waals surface area contributed by atoms with Gasteiger partial charge in [0.2, 0.25) is 0 Å². The highest BCUT2D eigenvalue weighted by Crippen LogP contribution is 2.25. The highest BCUT2D eigenvalue weighted by molar-refractivity contribution is 7.86. The summed E-state index contributed by atoms with van der Waals surface area (Å²) >= 11 is 11.9. The van der Waals surface area contributed by atoms with E-state index in [9.17, 15) is 9.00 Å². The third kappa shape index (κ3) is 3.84.